The predicted octanol–water partition coefficient (Wildman–Crippen LogP) is 0.862. The summed E-state index contributed by atoms with van der Waals surface area (Å²) in [6.45, 7) is 2.49. The number of hydrogen-bond acceptors (Lipinski definition) is 1. The fourth-order valence-electron chi connectivity index (χ4n) is 0.682. The molecule has 0 radical (unpaired) electrons. The summed E-state index contributed by atoms with van der Waals surface area (Å²) in [6.07, 6.45) is 2.81. The van der Waals surface area contributed by atoms with Crippen LogP contribution in [0.25, 0.3) is 0 Å². The van der Waals surface area contributed by atoms with Gasteiger partial charge in [0.1, 0.15) is 0 Å². The van der Waals surface area contributed by atoms with E-state index in [9.17, 15) is 0 Å². The largest absolute Gasteiger partial charge is 0.316 e. The van der Waals surface area contributed by atoms with Crippen LogP contribution in [-0.4, -0.2) is 25.4 Å². The van der Waals surface area contributed by atoms with Gasteiger partial charge < -0.3 is 5.32 Å². The number of hydrogen-bond donors (Lipinski definition) is 1. The Hall–Kier alpha value is 0.820. The molecule has 1 saturated heterocycles. The SMILES string of the molecule is PP1CCNCC1. The van der Waals surface area contributed by atoms with Crippen LogP contribution in [0.5, 0.6) is 0 Å². The Morgan fingerprint density at radius 1 is 1.29 bits per heavy atom. The van der Waals surface area contributed by atoms with E-state index in [4.69, 9.17) is 0 Å². The Kier molecular flexibility index (Phi) is 2.52. The quantitative estimate of drug-likeness (QED) is 0.486. The first kappa shape index (κ1) is 5.95. The highest BCUT2D eigenvalue weighted by atomic mass is 32.0. The van der Waals surface area contributed by atoms with Gasteiger partial charge >= 0.3 is 0 Å². The van der Waals surface area contributed by atoms with E-state index in [-0.39, 0.29) is 0 Å². The van der Waals surface area contributed by atoms with Crippen LogP contribution in [0.3, 0.4) is 0 Å². The van der Waals surface area contributed by atoms with Crippen LogP contribution in [0.4, 0.5) is 0 Å². The van der Waals surface area contributed by atoms with Crippen LogP contribution in [0.1, 0.15) is 0 Å². The minimum atomic E-state index is 0.363. The van der Waals surface area contributed by atoms with Gasteiger partial charge in [-0.05, 0) is 25.4 Å². The molecule has 0 spiro atoms. The van der Waals surface area contributed by atoms with Gasteiger partial charge in [0.05, 0.1) is 0 Å². The van der Waals surface area contributed by atoms with Crippen molar-refractivity contribution in [2.45, 2.75) is 0 Å². The maximum atomic E-state index is 3.32. The minimum absolute atomic E-state index is 0.363. The smallest absolute Gasteiger partial charge is 0.000636 e. The maximum absolute atomic E-state index is 3.32. The molecule has 0 aromatic rings. The third-order valence-electron chi connectivity index (χ3n) is 1.15. The van der Waals surface area contributed by atoms with Crippen LogP contribution < -0.4 is 5.32 Å². The Labute approximate surface area is 48.1 Å². The van der Waals surface area contributed by atoms with Crippen LogP contribution in [0.2, 0.25) is 0 Å². The van der Waals surface area contributed by atoms with E-state index in [0.29, 0.717) is 7.61 Å². The van der Waals surface area contributed by atoms with Crippen molar-refractivity contribution in [3.63, 3.8) is 0 Å². The summed E-state index contributed by atoms with van der Waals surface area (Å²) in [5.41, 5.74) is 0. The first-order valence-electron chi connectivity index (χ1n) is 2.60. The second-order valence-corrected chi connectivity index (χ2v) is 6.05. The van der Waals surface area contributed by atoms with Gasteiger partial charge in [-0.3, -0.25) is 0 Å². The molecule has 7 heavy (non-hydrogen) atoms. The standard InChI is InChI=1S/C4H11NP2/c6-7-3-1-5-2-4-7/h5H,1-4,6H2. The molecule has 1 heterocycles. The van der Waals surface area contributed by atoms with E-state index in [1.165, 1.54) is 25.4 Å². The lowest BCUT2D eigenvalue weighted by molar-refractivity contribution is 0.750. The van der Waals surface area contributed by atoms with Crippen molar-refractivity contribution in [1.29, 1.82) is 0 Å². The van der Waals surface area contributed by atoms with Crippen molar-refractivity contribution in [2.75, 3.05) is 25.4 Å². The summed E-state index contributed by atoms with van der Waals surface area (Å²) in [5, 5.41) is 3.32. The Balaban J connectivity index is 2.12. The van der Waals surface area contributed by atoms with Crippen LogP contribution >= 0.6 is 16.5 Å². The van der Waals surface area contributed by atoms with E-state index < -0.39 is 0 Å². The van der Waals surface area contributed by atoms with E-state index in [1.54, 1.807) is 0 Å². The van der Waals surface area contributed by atoms with Crippen molar-refractivity contribution >= 4 is 16.5 Å². The first-order valence-corrected chi connectivity index (χ1v) is 5.93. The fourth-order valence-corrected chi connectivity index (χ4v) is 2.57. The molecule has 0 bridgehead atoms. The molecule has 1 atom stereocenters. The maximum Gasteiger partial charge on any atom is -0.000636 e. The molecule has 0 aromatic heterocycles. The molecule has 1 rings (SSSR count). The zero-order valence-corrected chi connectivity index (χ0v) is 6.40. The normalized spacial score (nSPS) is 25.3. The van der Waals surface area contributed by atoms with Gasteiger partial charge in [-0.15, -0.1) is 8.93 Å². The summed E-state index contributed by atoms with van der Waals surface area (Å²) in [7, 11) is 3.29. The molecule has 1 fully saturated rings. The molecule has 1 unspecified atom stereocenters. The molecule has 1 N–H and O–H groups in total. The van der Waals surface area contributed by atoms with Gasteiger partial charge in [0.2, 0.25) is 0 Å². The second kappa shape index (κ2) is 2.97. The predicted molar refractivity (Wildman–Crippen MR) is 39.2 cm³/mol. The highest BCUT2D eigenvalue weighted by Gasteiger charge is 2.04. The third kappa shape index (κ3) is 2.04. The van der Waals surface area contributed by atoms with Gasteiger partial charge in [-0.25, -0.2) is 0 Å². The zero-order valence-electron chi connectivity index (χ0n) is 4.35. The molecular formula is C4H11NP2. The van der Waals surface area contributed by atoms with Crippen molar-refractivity contribution in [3.05, 3.63) is 0 Å². The second-order valence-electron chi connectivity index (χ2n) is 1.79. The first-order chi connectivity index (χ1) is 3.39. The highest BCUT2D eigenvalue weighted by molar-refractivity contribution is 8.13. The van der Waals surface area contributed by atoms with Gasteiger partial charge in [-0.2, -0.15) is 0 Å². The molecule has 42 valence electrons. The summed E-state index contributed by atoms with van der Waals surface area (Å²) >= 11 is 0. The van der Waals surface area contributed by atoms with Crippen molar-refractivity contribution in [3.8, 4) is 0 Å². The van der Waals surface area contributed by atoms with E-state index in [0.717, 1.165) is 0 Å². The topological polar surface area (TPSA) is 12.0 Å². The van der Waals surface area contributed by atoms with Crippen molar-refractivity contribution in [2.24, 2.45) is 0 Å². The van der Waals surface area contributed by atoms with Crippen LogP contribution in [-0.2, 0) is 0 Å². The summed E-state index contributed by atoms with van der Waals surface area (Å²) in [6, 6.07) is 0. The Morgan fingerprint density at radius 3 is 2.14 bits per heavy atom. The Morgan fingerprint density at radius 2 is 1.86 bits per heavy atom. The van der Waals surface area contributed by atoms with E-state index >= 15 is 0 Å². The van der Waals surface area contributed by atoms with Gasteiger partial charge in [0, 0.05) is 0 Å². The Bertz CT molecular complexity index is 51.7. The monoisotopic (exact) mass is 135 g/mol. The summed E-state index contributed by atoms with van der Waals surface area (Å²) in [5.74, 6) is 0. The number of nitrogens with one attached hydrogen (secondary N) is 1. The lowest BCUT2D eigenvalue weighted by Gasteiger charge is -2.17. The molecule has 0 amide bonds. The average molecular weight is 135 g/mol. The molecular weight excluding hydrogens is 124 g/mol. The molecule has 0 aromatic carbocycles. The average Bonchev–Trinajstić information content (AvgIpc) is 1.69. The van der Waals surface area contributed by atoms with E-state index in [2.05, 4.69) is 14.2 Å². The molecule has 0 aliphatic carbocycles. The van der Waals surface area contributed by atoms with E-state index in [1.807, 2.05) is 0 Å². The molecule has 1 aliphatic heterocycles. The molecule has 0 saturated carbocycles. The highest BCUT2D eigenvalue weighted by Crippen LogP contribution is 2.44. The van der Waals surface area contributed by atoms with Crippen LogP contribution in [0, 0.1) is 0 Å². The van der Waals surface area contributed by atoms with Gasteiger partial charge in [0.25, 0.3) is 0 Å². The molecule has 1 nitrogen and oxygen atoms in total. The summed E-state index contributed by atoms with van der Waals surface area (Å²) in [4.78, 5) is 0. The lowest BCUT2D eigenvalue weighted by Crippen LogP contribution is -2.25. The molecule has 1 aliphatic rings. The van der Waals surface area contributed by atoms with Crippen molar-refractivity contribution < 1.29 is 0 Å². The number of rotatable bonds is 0. The molecule has 3 heteroatoms. The van der Waals surface area contributed by atoms with Crippen LogP contribution in [0.15, 0.2) is 0 Å². The van der Waals surface area contributed by atoms with Gasteiger partial charge in [0.15, 0.2) is 0 Å². The lowest BCUT2D eigenvalue weighted by atomic mass is 10.6. The fraction of sp³-hybridized carbons (Fsp3) is 1.00. The minimum Gasteiger partial charge on any atom is -0.316 e. The van der Waals surface area contributed by atoms with Crippen molar-refractivity contribution in [1.82, 2.24) is 5.32 Å². The summed E-state index contributed by atoms with van der Waals surface area (Å²) < 4.78 is 0. The van der Waals surface area contributed by atoms with Gasteiger partial charge in [-0.1, -0.05) is 7.61 Å². The third-order valence-corrected chi connectivity index (χ3v) is 4.30. The zero-order chi connectivity index (χ0) is 5.11.